The van der Waals surface area contributed by atoms with Gasteiger partial charge in [0.05, 0.1) is 17.6 Å². The summed E-state index contributed by atoms with van der Waals surface area (Å²) in [7, 11) is -0.383. The molecule has 1 aromatic carbocycles. The maximum atomic E-state index is 12.6. The van der Waals surface area contributed by atoms with E-state index in [4.69, 9.17) is 0 Å². The van der Waals surface area contributed by atoms with Crippen LogP contribution in [-0.4, -0.2) is 52.0 Å². The van der Waals surface area contributed by atoms with E-state index in [0.717, 1.165) is 12.8 Å². The molecule has 21 heavy (non-hydrogen) atoms. The van der Waals surface area contributed by atoms with Crippen molar-refractivity contribution in [2.75, 3.05) is 27.2 Å². The van der Waals surface area contributed by atoms with Gasteiger partial charge in [0.1, 0.15) is 0 Å². The van der Waals surface area contributed by atoms with E-state index in [1.165, 1.54) is 35.7 Å². The van der Waals surface area contributed by atoms with Crippen LogP contribution >= 0.6 is 0 Å². The lowest BCUT2D eigenvalue weighted by Crippen LogP contribution is -2.46. The Hall–Kier alpha value is -1.44. The highest BCUT2D eigenvalue weighted by Gasteiger charge is 2.29. The van der Waals surface area contributed by atoms with Crippen LogP contribution in [0.25, 0.3) is 0 Å². The smallest absolute Gasteiger partial charge is 0.337 e. The minimum Gasteiger partial charge on any atom is -0.465 e. The number of carbonyl (C=O) groups is 1. The average molecular weight is 312 g/mol. The number of hydrogen-bond donors (Lipinski definition) is 1. The molecular formula is C14H20N2O4S. The summed E-state index contributed by atoms with van der Waals surface area (Å²) < 4.78 is 31.3. The van der Waals surface area contributed by atoms with Crippen LogP contribution in [0.2, 0.25) is 0 Å². The first-order valence-electron chi connectivity index (χ1n) is 6.85. The Labute approximate surface area is 125 Å². The fraction of sp³-hybridized carbons (Fsp3) is 0.500. The Bertz CT molecular complexity index is 598. The van der Waals surface area contributed by atoms with Gasteiger partial charge in [0, 0.05) is 19.1 Å². The predicted octanol–water partition coefficient (Wildman–Crippen LogP) is 0.846. The maximum absolute atomic E-state index is 12.6. The normalized spacial score (nSPS) is 20.2. The minimum absolute atomic E-state index is 0.183. The Balaban J connectivity index is 2.21. The molecule has 1 aromatic rings. The van der Waals surface area contributed by atoms with Gasteiger partial charge in [0.15, 0.2) is 0 Å². The van der Waals surface area contributed by atoms with Crippen molar-refractivity contribution in [3.63, 3.8) is 0 Å². The zero-order chi connectivity index (χ0) is 15.5. The van der Waals surface area contributed by atoms with Crippen molar-refractivity contribution in [2.24, 2.45) is 0 Å². The summed E-state index contributed by atoms with van der Waals surface area (Å²) >= 11 is 0. The Morgan fingerprint density at radius 2 is 2.00 bits per heavy atom. The van der Waals surface area contributed by atoms with Gasteiger partial charge in [-0.2, -0.15) is 4.31 Å². The van der Waals surface area contributed by atoms with E-state index < -0.39 is 16.0 Å². The number of nitrogens with one attached hydrogen (secondary N) is 1. The molecule has 0 amide bonds. The van der Waals surface area contributed by atoms with Gasteiger partial charge in [-0.15, -0.1) is 0 Å². The van der Waals surface area contributed by atoms with Gasteiger partial charge in [-0.3, -0.25) is 0 Å². The highest BCUT2D eigenvalue weighted by Crippen LogP contribution is 2.21. The van der Waals surface area contributed by atoms with E-state index in [1.54, 1.807) is 0 Å². The number of piperidine rings is 1. The lowest BCUT2D eigenvalue weighted by Gasteiger charge is -2.31. The van der Waals surface area contributed by atoms with Crippen molar-refractivity contribution in [1.29, 1.82) is 0 Å². The third kappa shape index (κ3) is 3.42. The fourth-order valence-corrected chi connectivity index (χ4v) is 3.95. The Kier molecular flexibility index (Phi) is 4.97. The molecule has 0 aliphatic carbocycles. The zero-order valence-electron chi connectivity index (χ0n) is 12.2. The van der Waals surface area contributed by atoms with Crippen LogP contribution in [-0.2, 0) is 14.8 Å². The number of ether oxygens (including phenoxy) is 1. The van der Waals surface area contributed by atoms with E-state index >= 15 is 0 Å². The molecule has 116 valence electrons. The SMILES string of the molecule is CNC1CCCN(S(=O)(=O)c2ccc(C(=O)OC)cc2)C1. The summed E-state index contributed by atoms with van der Waals surface area (Å²) in [4.78, 5) is 11.6. The lowest BCUT2D eigenvalue weighted by molar-refractivity contribution is 0.0600. The van der Waals surface area contributed by atoms with Crippen molar-refractivity contribution in [3.8, 4) is 0 Å². The van der Waals surface area contributed by atoms with Crippen LogP contribution in [0.3, 0.4) is 0 Å². The van der Waals surface area contributed by atoms with Gasteiger partial charge in [-0.25, -0.2) is 13.2 Å². The molecule has 0 radical (unpaired) electrons. The van der Waals surface area contributed by atoms with Gasteiger partial charge >= 0.3 is 5.97 Å². The van der Waals surface area contributed by atoms with Gasteiger partial charge in [-0.05, 0) is 44.2 Å². The van der Waals surface area contributed by atoms with Gasteiger partial charge in [0.25, 0.3) is 0 Å². The molecule has 7 heteroatoms. The molecule has 1 saturated heterocycles. The lowest BCUT2D eigenvalue weighted by atomic mass is 10.1. The molecule has 1 atom stereocenters. The van der Waals surface area contributed by atoms with Crippen LogP contribution in [0.15, 0.2) is 29.2 Å². The third-order valence-corrected chi connectivity index (χ3v) is 5.58. The van der Waals surface area contributed by atoms with E-state index in [-0.39, 0.29) is 10.9 Å². The number of esters is 1. The molecule has 1 heterocycles. The summed E-state index contributed by atoms with van der Waals surface area (Å²) in [5.74, 6) is -0.479. The van der Waals surface area contributed by atoms with Gasteiger partial charge in [0.2, 0.25) is 10.0 Å². The molecule has 1 aliphatic heterocycles. The summed E-state index contributed by atoms with van der Waals surface area (Å²) in [6, 6.07) is 6.02. The molecule has 2 rings (SSSR count). The Morgan fingerprint density at radius 1 is 1.33 bits per heavy atom. The van der Waals surface area contributed by atoms with Crippen molar-refractivity contribution >= 4 is 16.0 Å². The molecule has 0 bridgehead atoms. The zero-order valence-corrected chi connectivity index (χ0v) is 13.0. The highest BCUT2D eigenvalue weighted by molar-refractivity contribution is 7.89. The monoisotopic (exact) mass is 312 g/mol. The first-order chi connectivity index (χ1) is 9.98. The molecule has 0 aromatic heterocycles. The van der Waals surface area contributed by atoms with Crippen molar-refractivity contribution in [2.45, 2.75) is 23.8 Å². The number of nitrogens with zero attached hydrogens (tertiary/aromatic N) is 1. The minimum atomic E-state index is -3.51. The second-order valence-corrected chi connectivity index (χ2v) is 6.94. The summed E-state index contributed by atoms with van der Waals surface area (Å²) in [5, 5.41) is 3.12. The molecule has 0 spiro atoms. The fourth-order valence-electron chi connectivity index (χ4n) is 2.43. The number of rotatable bonds is 4. The van der Waals surface area contributed by atoms with Crippen LogP contribution in [0.1, 0.15) is 23.2 Å². The van der Waals surface area contributed by atoms with Crippen molar-refractivity contribution < 1.29 is 17.9 Å². The third-order valence-electron chi connectivity index (χ3n) is 3.71. The summed E-state index contributed by atoms with van der Waals surface area (Å²) in [6.07, 6.45) is 1.81. The molecule has 6 nitrogen and oxygen atoms in total. The molecular weight excluding hydrogens is 292 g/mol. The molecule has 1 unspecified atom stereocenters. The number of sulfonamides is 1. The topological polar surface area (TPSA) is 75.7 Å². The van der Waals surface area contributed by atoms with Gasteiger partial charge in [-0.1, -0.05) is 0 Å². The first kappa shape index (κ1) is 15.9. The van der Waals surface area contributed by atoms with Crippen LogP contribution in [0.4, 0.5) is 0 Å². The van der Waals surface area contributed by atoms with E-state index in [1.807, 2.05) is 7.05 Å². The largest absolute Gasteiger partial charge is 0.465 e. The second kappa shape index (κ2) is 6.55. The van der Waals surface area contributed by atoms with Crippen LogP contribution in [0, 0.1) is 0 Å². The number of benzene rings is 1. The maximum Gasteiger partial charge on any atom is 0.337 e. The number of hydrogen-bond acceptors (Lipinski definition) is 5. The van der Waals surface area contributed by atoms with E-state index in [2.05, 4.69) is 10.1 Å². The van der Waals surface area contributed by atoms with Crippen LogP contribution < -0.4 is 5.32 Å². The second-order valence-electron chi connectivity index (χ2n) is 5.01. The summed E-state index contributed by atoms with van der Waals surface area (Å²) in [5.41, 5.74) is 0.336. The van der Waals surface area contributed by atoms with Crippen molar-refractivity contribution in [3.05, 3.63) is 29.8 Å². The first-order valence-corrected chi connectivity index (χ1v) is 8.29. The molecule has 1 fully saturated rings. The van der Waals surface area contributed by atoms with Crippen LogP contribution in [0.5, 0.6) is 0 Å². The number of likely N-dealkylation sites (N-methyl/N-ethyl adjacent to an activating group) is 1. The summed E-state index contributed by atoms with van der Waals surface area (Å²) in [6.45, 7) is 0.997. The molecule has 1 N–H and O–H groups in total. The predicted molar refractivity (Wildman–Crippen MR) is 78.6 cm³/mol. The van der Waals surface area contributed by atoms with E-state index in [9.17, 15) is 13.2 Å². The molecule has 0 saturated carbocycles. The van der Waals surface area contributed by atoms with Crippen molar-refractivity contribution in [1.82, 2.24) is 9.62 Å². The van der Waals surface area contributed by atoms with E-state index in [0.29, 0.717) is 18.7 Å². The number of carbonyl (C=O) groups excluding carboxylic acids is 1. The van der Waals surface area contributed by atoms with Gasteiger partial charge < -0.3 is 10.1 Å². The quantitative estimate of drug-likeness (QED) is 0.834. The Morgan fingerprint density at radius 3 is 2.57 bits per heavy atom. The highest BCUT2D eigenvalue weighted by atomic mass is 32.2. The average Bonchev–Trinajstić information content (AvgIpc) is 2.54. The standard InChI is InChI=1S/C14H20N2O4S/c1-15-12-4-3-9-16(10-12)21(18,19)13-7-5-11(6-8-13)14(17)20-2/h5-8,12,15H,3-4,9-10H2,1-2H3. The number of methoxy groups -OCH3 is 1. The molecule has 1 aliphatic rings.